The maximum atomic E-state index is 12.2. The molecule has 1 aliphatic rings. The summed E-state index contributed by atoms with van der Waals surface area (Å²) >= 11 is 0. The molecule has 2 rings (SSSR count). The van der Waals surface area contributed by atoms with Gasteiger partial charge in [0.2, 0.25) is 5.91 Å². The molecule has 1 N–H and O–H groups in total. The molecule has 0 spiro atoms. The molecule has 8 heteroatoms. The van der Waals surface area contributed by atoms with Crippen molar-refractivity contribution in [2.45, 2.75) is 25.9 Å². The second-order valence-electron chi connectivity index (χ2n) is 5.79. The van der Waals surface area contributed by atoms with E-state index < -0.39 is 18.9 Å². The molecular weight excluding hydrogens is 325 g/mol. The first kappa shape index (κ1) is 18.1. The largest absolute Gasteiger partial charge is 0.440 e. The number of hydrogen-bond acceptors (Lipinski definition) is 3. The van der Waals surface area contributed by atoms with Crippen LogP contribution in [0, 0.1) is 12.8 Å². The molecule has 1 heterocycles. The normalized spacial score (nSPS) is 15.9. The Balaban J connectivity index is 1.79. The number of nitrogens with zero attached hydrogens (tertiary/aromatic N) is 1. The minimum Gasteiger partial charge on any atom is -0.440 e. The summed E-state index contributed by atoms with van der Waals surface area (Å²) in [5, 5.41) is 2.82. The third-order valence-electron chi connectivity index (χ3n) is 3.77. The van der Waals surface area contributed by atoms with Crippen LogP contribution in [-0.2, 0) is 9.53 Å². The van der Waals surface area contributed by atoms with E-state index in [1.165, 1.54) is 4.90 Å². The van der Waals surface area contributed by atoms with Crippen molar-refractivity contribution in [1.29, 1.82) is 0 Å². The highest BCUT2D eigenvalue weighted by molar-refractivity contribution is 5.92. The number of nitrogens with one attached hydrogen (secondary N) is 1. The van der Waals surface area contributed by atoms with Gasteiger partial charge < -0.3 is 15.0 Å². The number of hydrogen-bond donors (Lipinski definition) is 1. The molecule has 0 aromatic heterocycles. The van der Waals surface area contributed by atoms with E-state index in [2.05, 4.69) is 10.1 Å². The van der Waals surface area contributed by atoms with E-state index >= 15 is 0 Å². The third-order valence-corrected chi connectivity index (χ3v) is 3.77. The van der Waals surface area contributed by atoms with E-state index in [9.17, 15) is 22.8 Å². The predicted molar refractivity (Wildman–Crippen MR) is 81.5 cm³/mol. The molecular formula is C16H19F3N2O3. The molecule has 1 aliphatic heterocycles. The van der Waals surface area contributed by atoms with Gasteiger partial charge in [0.05, 0.1) is 0 Å². The van der Waals surface area contributed by atoms with Gasteiger partial charge in [0, 0.05) is 24.7 Å². The summed E-state index contributed by atoms with van der Waals surface area (Å²) in [6.07, 6.45) is -4.76. The van der Waals surface area contributed by atoms with Crippen LogP contribution in [0.5, 0.6) is 0 Å². The van der Waals surface area contributed by atoms with Gasteiger partial charge in [0.1, 0.15) is 0 Å². The molecule has 2 amide bonds. The number of anilines is 1. The number of carbonyl (C=O) groups is 2. The number of aryl methyl sites for hydroxylation is 1. The molecule has 1 aromatic rings. The summed E-state index contributed by atoms with van der Waals surface area (Å²) < 4.78 is 40.3. The fraction of sp³-hybridized carbons (Fsp3) is 0.500. The van der Waals surface area contributed by atoms with Crippen LogP contribution in [0.25, 0.3) is 0 Å². The number of benzene rings is 1. The molecule has 0 atom stereocenters. The Morgan fingerprint density at radius 2 is 1.96 bits per heavy atom. The monoisotopic (exact) mass is 344 g/mol. The Hall–Kier alpha value is -2.25. The summed E-state index contributed by atoms with van der Waals surface area (Å²) in [5.41, 5.74) is 1.72. The zero-order valence-electron chi connectivity index (χ0n) is 13.2. The number of carbonyl (C=O) groups excluding carboxylic acids is 2. The quantitative estimate of drug-likeness (QED) is 0.915. The lowest BCUT2D eigenvalue weighted by atomic mass is 9.96. The highest BCUT2D eigenvalue weighted by Crippen LogP contribution is 2.21. The van der Waals surface area contributed by atoms with Gasteiger partial charge in [-0.2, -0.15) is 13.2 Å². The molecule has 1 saturated heterocycles. The van der Waals surface area contributed by atoms with Crippen LogP contribution >= 0.6 is 0 Å². The number of alkyl halides is 3. The molecule has 0 bridgehead atoms. The fourth-order valence-corrected chi connectivity index (χ4v) is 2.53. The Kier molecular flexibility index (Phi) is 5.69. The summed E-state index contributed by atoms with van der Waals surface area (Å²) in [6, 6.07) is 7.39. The molecule has 0 aliphatic carbocycles. The molecule has 1 aromatic carbocycles. The SMILES string of the molecule is Cc1cccc(NC(=O)C2CCN(C(=O)OCC(F)(F)F)CC2)c1. The molecule has 0 saturated carbocycles. The number of rotatable bonds is 3. The van der Waals surface area contributed by atoms with Crippen molar-refractivity contribution in [2.75, 3.05) is 25.0 Å². The summed E-state index contributed by atoms with van der Waals surface area (Å²) in [5.74, 6) is -0.430. The minimum atomic E-state index is -4.54. The average molecular weight is 344 g/mol. The Morgan fingerprint density at radius 1 is 1.29 bits per heavy atom. The lowest BCUT2D eigenvalue weighted by Crippen LogP contribution is -2.42. The standard InChI is InChI=1S/C16H19F3N2O3/c1-11-3-2-4-13(9-11)20-14(22)12-5-7-21(8-6-12)15(23)24-10-16(17,18)19/h2-4,9,12H,5-8,10H2,1H3,(H,20,22). The van der Waals surface area contributed by atoms with Gasteiger partial charge in [-0.05, 0) is 37.5 Å². The number of ether oxygens (including phenoxy) is 1. The molecule has 24 heavy (non-hydrogen) atoms. The average Bonchev–Trinajstić information content (AvgIpc) is 2.52. The predicted octanol–water partition coefficient (Wildman–Crippen LogP) is 3.34. The third kappa shape index (κ3) is 5.43. The maximum Gasteiger partial charge on any atom is 0.422 e. The van der Waals surface area contributed by atoms with Crippen molar-refractivity contribution in [3.8, 4) is 0 Å². The van der Waals surface area contributed by atoms with E-state index in [0.29, 0.717) is 18.5 Å². The van der Waals surface area contributed by atoms with Gasteiger partial charge in [0.25, 0.3) is 0 Å². The van der Waals surface area contributed by atoms with Gasteiger partial charge in [0.15, 0.2) is 6.61 Å². The van der Waals surface area contributed by atoms with Crippen LogP contribution in [0.15, 0.2) is 24.3 Å². The number of amides is 2. The molecule has 5 nitrogen and oxygen atoms in total. The van der Waals surface area contributed by atoms with Crippen LogP contribution < -0.4 is 5.32 Å². The zero-order chi connectivity index (χ0) is 17.7. The minimum absolute atomic E-state index is 0.149. The van der Waals surface area contributed by atoms with Crippen LogP contribution in [-0.4, -0.2) is 42.8 Å². The van der Waals surface area contributed by atoms with Crippen molar-refractivity contribution in [1.82, 2.24) is 4.90 Å². The molecule has 0 radical (unpaired) electrons. The van der Waals surface area contributed by atoms with Crippen LogP contribution in [0.1, 0.15) is 18.4 Å². The van der Waals surface area contributed by atoms with Crippen molar-refractivity contribution < 1.29 is 27.5 Å². The summed E-state index contributed by atoms with van der Waals surface area (Å²) in [4.78, 5) is 25.0. The van der Waals surface area contributed by atoms with Crippen molar-refractivity contribution in [2.24, 2.45) is 5.92 Å². The lowest BCUT2D eigenvalue weighted by Gasteiger charge is -2.30. The molecule has 0 unspecified atom stereocenters. The molecule has 1 fully saturated rings. The number of halogens is 3. The van der Waals surface area contributed by atoms with Crippen LogP contribution in [0.3, 0.4) is 0 Å². The van der Waals surface area contributed by atoms with Gasteiger partial charge in [-0.15, -0.1) is 0 Å². The van der Waals surface area contributed by atoms with Crippen molar-refractivity contribution in [3.05, 3.63) is 29.8 Å². The van der Waals surface area contributed by atoms with E-state index in [4.69, 9.17) is 0 Å². The highest BCUT2D eigenvalue weighted by atomic mass is 19.4. The van der Waals surface area contributed by atoms with Gasteiger partial charge in [-0.1, -0.05) is 12.1 Å². The van der Waals surface area contributed by atoms with E-state index in [-0.39, 0.29) is 24.9 Å². The fourth-order valence-electron chi connectivity index (χ4n) is 2.53. The summed E-state index contributed by atoms with van der Waals surface area (Å²) in [6.45, 7) is 0.714. The van der Waals surface area contributed by atoms with Crippen LogP contribution in [0.2, 0.25) is 0 Å². The van der Waals surface area contributed by atoms with Crippen molar-refractivity contribution >= 4 is 17.7 Å². The topological polar surface area (TPSA) is 58.6 Å². The van der Waals surface area contributed by atoms with Gasteiger partial charge >= 0.3 is 12.3 Å². The van der Waals surface area contributed by atoms with Gasteiger partial charge in [-0.3, -0.25) is 4.79 Å². The first-order valence-electron chi connectivity index (χ1n) is 7.60. The van der Waals surface area contributed by atoms with E-state index in [1.54, 1.807) is 6.07 Å². The second kappa shape index (κ2) is 7.55. The van der Waals surface area contributed by atoms with Crippen molar-refractivity contribution in [3.63, 3.8) is 0 Å². The van der Waals surface area contributed by atoms with Gasteiger partial charge in [-0.25, -0.2) is 4.79 Å². The van der Waals surface area contributed by atoms with E-state index in [0.717, 1.165) is 5.56 Å². The maximum absolute atomic E-state index is 12.2. The Bertz CT molecular complexity index is 596. The lowest BCUT2D eigenvalue weighted by molar-refractivity contribution is -0.162. The Morgan fingerprint density at radius 3 is 2.54 bits per heavy atom. The second-order valence-corrected chi connectivity index (χ2v) is 5.79. The first-order valence-corrected chi connectivity index (χ1v) is 7.60. The van der Waals surface area contributed by atoms with Crippen LogP contribution in [0.4, 0.5) is 23.7 Å². The Labute approximate surface area is 137 Å². The number of piperidine rings is 1. The molecule has 132 valence electrons. The smallest absolute Gasteiger partial charge is 0.422 e. The van der Waals surface area contributed by atoms with E-state index in [1.807, 2.05) is 25.1 Å². The highest BCUT2D eigenvalue weighted by Gasteiger charge is 2.32. The first-order chi connectivity index (χ1) is 11.2. The zero-order valence-corrected chi connectivity index (χ0v) is 13.2. The number of likely N-dealkylation sites (tertiary alicyclic amines) is 1. The summed E-state index contributed by atoms with van der Waals surface area (Å²) in [7, 11) is 0.